The summed E-state index contributed by atoms with van der Waals surface area (Å²) in [5, 5.41) is 9.82. The topological polar surface area (TPSA) is 74.0 Å². The van der Waals surface area contributed by atoms with Gasteiger partial charge in [0, 0.05) is 28.1 Å². The number of fused-ring (bicyclic) bond motifs is 1. The van der Waals surface area contributed by atoms with Gasteiger partial charge in [-0.25, -0.2) is 9.66 Å². The highest BCUT2D eigenvalue weighted by atomic mass is 35.5. The summed E-state index contributed by atoms with van der Waals surface area (Å²) in [4.78, 5) is 4.88. The van der Waals surface area contributed by atoms with Gasteiger partial charge in [-0.2, -0.15) is 0 Å². The highest BCUT2D eigenvalue weighted by molar-refractivity contribution is 7.98. The van der Waals surface area contributed by atoms with E-state index in [1.54, 1.807) is 0 Å². The number of hydrogen-bond acceptors (Lipinski definition) is 5. The number of nitrogens with two attached hydrogens (primary N) is 1. The van der Waals surface area contributed by atoms with Crippen molar-refractivity contribution in [3.05, 3.63) is 89.2 Å². The number of imidazole rings is 1. The standard InChI is InChI=1S/C23H19ClN6S/c1-15-10-11-20-26-21(16-6-3-2-4-7-16)19(29(20)13-15)14-31-23-28-27-22(30(23)25)17-8-5-9-18(24)12-17/h2-13H,14,25H2,1H3. The van der Waals surface area contributed by atoms with Crippen LogP contribution in [0.15, 0.2) is 78.1 Å². The smallest absolute Gasteiger partial charge is 0.210 e. The van der Waals surface area contributed by atoms with Gasteiger partial charge < -0.3 is 10.2 Å². The van der Waals surface area contributed by atoms with E-state index < -0.39 is 0 Å². The van der Waals surface area contributed by atoms with Crippen molar-refractivity contribution in [2.75, 3.05) is 5.84 Å². The number of hydrogen-bond donors (Lipinski definition) is 1. The second-order valence-electron chi connectivity index (χ2n) is 7.18. The summed E-state index contributed by atoms with van der Waals surface area (Å²) in [7, 11) is 0. The molecule has 31 heavy (non-hydrogen) atoms. The molecule has 0 spiro atoms. The van der Waals surface area contributed by atoms with Crippen molar-refractivity contribution >= 4 is 29.0 Å². The first-order valence-electron chi connectivity index (χ1n) is 9.72. The molecule has 0 aliphatic heterocycles. The average molecular weight is 447 g/mol. The molecule has 0 aliphatic rings. The third-order valence-electron chi connectivity index (χ3n) is 5.00. The summed E-state index contributed by atoms with van der Waals surface area (Å²) in [6.45, 7) is 2.08. The van der Waals surface area contributed by atoms with Crippen molar-refractivity contribution in [3.8, 4) is 22.6 Å². The first kappa shape index (κ1) is 19.7. The van der Waals surface area contributed by atoms with Gasteiger partial charge >= 0.3 is 0 Å². The maximum absolute atomic E-state index is 6.32. The zero-order chi connectivity index (χ0) is 21.4. The molecule has 8 heteroatoms. The minimum absolute atomic E-state index is 0.572. The molecule has 2 N–H and O–H groups in total. The van der Waals surface area contributed by atoms with Gasteiger partial charge in [-0.3, -0.25) is 0 Å². The van der Waals surface area contributed by atoms with Gasteiger partial charge in [0.2, 0.25) is 5.16 Å². The van der Waals surface area contributed by atoms with Gasteiger partial charge in [-0.05, 0) is 30.7 Å². The monoisotopic (exact) mass is 446 g/mol. The molecule has 0 unspecified atom stereocenters. The first-order chi connectivity index (χ1) is 15.1. The van der Waals surface area contributed by atoms with E-state index in [9.17, 15) is 0 Å². The Bertz CT molecular complexity index is 1380. The van der Waals surface area contributed by atoms with Gasteiger partial charge in [-0.1, -0.05) is 71.9 Å². The van der Waals surface area contributed by atoms with Gasteiger partial charge in [0.25, 0.3) is 0 Å². The van der Waals surface area contributed by atoms with Crippen molar-refractivity contribution in [3.63, 3.8) is 0 Å². The lowest BCUT2D eigenvalue weighted by Crippen LogP contribution is -2.11. The van der Waals surface area contributed by atoms with Gasteiger partial charge in [0.15, 0.2) is 5.82 Å². The molecule has 0 saturated heterocycles. The highest BCUT2D eigenvalue weighted by Gasteiger charge is 2.17. The fourth-order valence-electron chi connectivity index (χ4n) is 3.50. The van der Waals surface area contributed by atoms with Crippen LogP contribution in [-0.2, 0) is 5.75 Å². The normalized spacial score (nSPS) is 11.3. The molecular formula is C23H19ClN6S. The lowest BCUT2D eigenvalue weighted by Gasteiger charge is -2.07. The molecule has 5 aromatic rings. The highest BCUT2D eigenvalue weighted by Crippen LogP contribution is 2.31. The summed E-state index contributed by atoms with van der Waals surface area (Å²) in [6, 6.07) is 21.7. The Morgan fingerprint density at radius 3 is 2.58 bits per heavy atom. The van der Waals surface area contributed by atoms with Crippen molar-refractivity contribution in [2.24, 2.45) is 0 Å². The van der Waals surface area contributed by atoms with Gasteiger partial charge in [0.1, 0.15) is 5.65 Å². The summed E-state index contributed by atoms with van der Waals surface area (Å²) in [6.07, 6.45) is 2.11. The first-order valence-corrected chi connectivity index (χ1v) is 11.1. The Morgan fingerprint density at radius 1 is 0.968 bits per heavy atom. The van der Waals surface area contributed by atoms with Crippen LogP contribution >= 0.6 is 23.4 Å². The number of halogens is 1. The Balaban J connectivity index is 1.51. The maximum atomic E-state index is 6.32. The fourth-order valence-corrected chi connectivity index (χ4v) is 4.55. The second-order valence-corrected chi connectivity index (χ2v) is 8.56. The zero-order valence-electron chi connectivity index (χ0n) is 16.7. The van der Waals surface area contributed by atoms with Crippen LogP contribution in [0.1, 0.15) is 11.3 Å². The molecule has 0 fully saturated rings. The Labute approximate surface area is 188 Å². The molecule has 0 amide bonds. The summed E-state index contributed by atoms with van der Waals surface area (Å²) in [5.74, 6) is 7.53. The quantitative estimate of drug-likeness (QED) is 0.295. The van der Waals surface area contributed by atoms with E-state index >= 15 is 0 Å². The predicted molar refractivity (Wildman–Crippen MR) is 126 cm³/mol. The van der Waals surface area contributed by atoms with E-state index in [1.165, 1.54) is 22.0 Å². The van der Waals surface area contributed by atoms with Crippen molar-refractivity contribution in [1.82, 2.24) is 24.3 Å². The molecule has 154 valence electrons. The number of rotatable bonds is 5. The molecule has 5 rings (SSSR count). The molecule has 6 nitrogen and oxygen atoms in total. The van der Waals surface area contributed by atoms with E-state index in [4.69, 9.17) is 22.4 Å². The minimum atomic E-state index is 0.572. The SMILES string of the molecule is Cc1ccc2nc(-c3ccccc3)c(CSc3nnc(-c4cccc(Cl)c4)n3N)n2c1. The summed E-state index contributed by atoms with van der Waals surface area (Å²) >= 11 is 7.64. The molecular weight excluding hydrogens is 428 g/mol. The molecule has 0 bridgehead atoms. The fraction of sp³-hybridized carbons (Fsp3) is 0.0870. The molecule has 0 aliphatic carbocycles. The minimum Gasteiger partial charge on any atom is -0.335 e. The van der Waals surface area contributed by atoms with Crippen LogP contribution in [0.4, 0.5) is 0 Å². The second kappa shape index (κ2) is 8.09. The lowest BCUT2D eigenvalue weighted by molar-refractivity contribution is 0.848. The zero-order valence-corrected chi connectivity index (χ0v) is 18.3. The third kappa shape index (κ3) is 3.78. The van der Waals surface area contributed by atoms with Crippen LogP contribution in [0.3, 0.4) is 0 Å². The molecule has 3 aromatic heterocycles. The van der Waals surface area contributed by atoms with Crippen molar-refractivity contribution in [2.45, 2.75) is 17.8 Å². The van der Waals surface area contributed by atoms with Gasteiger partial charge in [-0.15, -0.1) is 10.2 Å². The maximum Gasteiger partial charge on any atom is 0.210 e. The molecule has 2 aromatic carbocycles. The largest absolute Gasteiger partial charge is 0.335 e. The number of nitrogens with zero attached hydrogens (tertiary/aromatic N) is 5. The molecule has 0 saturated carbocycles. The predicted octanol–water partition coefficient (Wildman–Crippen LogP) is 5.23. The lowest BCUT2D eigenvalue weighted by atomic mass is 10.1. The third-order valence-corrected chi connectivity index (χ3v) is 6.19. The summed E-state index contributed by atoms with van der Waals surface area (Å²) in [5.41, 5.74) is 6.02. The van der Waals surface area contributed by atoms with Crippen LogP contribution in [0, 0.1) is 6.92 Å². The van der Waals surface area contributed by atoms with Crippen molar-refractivity contribution < 1.29 is 0 Å². The molecule has 0 atom stereocenters. The number of aromatic nitrogens is 5. The van der Waals surface area contributed by atoms with Crippen LogP contribution < -0.4 is 5.84 Å². The Kier molecular flexibility index (Phi) is 5.13. The number of thioether (sulfide) groups is 1. The summed E-state index contributed by atoms with van der Waals surface area (Å²) < 4.78 is 3.65. The number of pyridine rings is 1. The van der Waals surface area contributed by atoms with Gasteiger partial charge in [0.05, 0.1) is 11.4 Å². The van der Waals surface area contributed by atoms with Crippen molar-refractivity contribution in [1.29, 1.82) is 0 Å². The average Bonchev–Trinajstić information content (AvgIpc) is 3.33. The molecule has 0 radical (unpaired) electrons. The van der Waals surface area contributed by atoms with E-state index in [0.29, 0.717) is 21.8 Å². The Morgan fingerprint density at radius 2 is 1.77 bits per heavy atom. The van der Waals surface area contributed by atoms with E-state index in [-0.39, 0.29) is 0 Å². The number of nitrogen functional groups attached to an aromatic ring is 1. The number of aryl methyl sites for hydroxylation is 1. The van der Waals surface area contributed by atoms with Crippen LogP contribution in [0.5, 0.6) is 0 Å². The number of benzene rings is 2. The van der Waals surface area contributed by atoms with E-state index in [0.717, 1.165) is 28.2 Å². The van der Waals surface area contributed by atoms with Crippen LogP contribution in [-0.4, -0.2) is 24.3 Å². The van der Waals surface area contributed by atoms with Crippen LogP contribution in [0.2, 0.25) is 5.02 Å². The van der Waals surface area contributed by atoms with E-state index in [2.05, 4.69) is 45.9 Å². The Hall–Kier alpha value is -3.29. The molecule has 3 heterocycles. The van der Waals surface area contributed by atoms with Crippen LogP contribution in [0.25, 0.3) is 28.3 Å². The van der Waals surface area contributed by atoms with E-state index in [1.807, 2.05) is 48.5 Å².